The highest BCUT2D eigenvalue weighted by molar-refractivity contribution is 8.14. The van der Waals surface area contributed by atoms with E-state index in [1.54, 1.807) is 31.2 Å². The fourth-order valence-corrected chi connectivity index (χ4v) is 5.54. The van der Waals surface area contributed by atoms with Crippen molar-refractivity contribution in [1.82, 2.24) is 10.2 Å². The molecule has 0 saturated carbocycles. The Hall–Kier alpha value is -4.37. The number of halogens is 2. The molecular formula is C33H27Cl2N3O4S. The minimum absolute atomic E-state index is 0.0370. The van der Waals surface area contributed by atoms with Gasteiger partial charge in [0.05, 0.1) is 21.8 Å². The summed E-state index contributed by atoms with van der Waals surface area (Å²) < 4.78 is 0. The number of thioether (sulfide) groups is 1. The molecule has 0 unspecified atom stereocenters. The Morgan fingerprint density at radius 2 is 1.63 bits per heavy atom. The lowest BCUT2D eigenvalue weighted by Gasteiger charge is -2.28. The molecule has 3 aromatic carbocycles. The van der Waals surface area contributed by atoms with Crippen LogP contribution in [0.3, 0.4) is 0 Å². The van der Waals surface area contributed by atoms with Crippen molar-refractivity contribution in [2.45, 2.75) is 13.0 Å². The first-order chi connectivity index (χ1) is 20.7. The number of aliphatic imine (C=N–C) groups is 1. The monoisotopic (exact) mass is 631 g/mol. The second-order valence-electron chi connectivity index (χ2n) is 9.15. The van der Waals surface area contributed by atoms with E-state index in [-0.39, 0.29) is 38.2 Å². The third-order valence-corrected chi connectivity index (χ3v) is 7.78. The van der Waals surface area contributed by atoms with E-state index >= 15 is 0 Å². The van der Waals surface area contributed by atoms with Gasteiger partial charge in [-0.15, -0.1) is 0 Å². The molecule has 1 heterocycles. The molecule has 43 heavy (non-hydrogen) atoms. The predicted molar refractivity (Wildman–Crippen MR) is 174 cm³/mol. The smallest absolute Gasteiger partial charge is 0.285 e. The second kappa shape index (κ2) is 14.7. The van der Waals surface area contributed by atoms with Crippen LogP contribution in [-0.4, -0.2) is 38.6 Å². The number of carbonyl (C=O) groups excluding carboxylic acids is 3. The minimum Gasteiger partial charge on any atom is -0.505 e. The number of carbonyl (C=O) groups is 3. The van der Waals surface area contributed by atoms with Crippen LogP contribution < -0.4 is 5.32 Å². The number of allylic oxidation sites excluding steroid dienone is 4. The zero-order valence-corrected chi connectivity index (χ0v) is 25.4. The molecule has 0 saturated heterocycles. The van der Waals surface area contributed by atoms with Crippen molar-refractivity contribution in [2.24, 2.45) is 4.99 Å². The summed E-state index contributed by atoms with van der Waals surface area (Å²) in [6, 6.07) is 21.5. The molecule has 218 valence electrons. The molecule has 2 N–H and O–H groups in total. The van der Waals surface area contributed by atoms with Gasteiger partial charge in [-0.05, 0) is 47.9 Å². The highest BCUT2D eigenvalue weighted by atomic mass is 35.5. The van der Waals surface area contributed by atoms with Gasteiger partial charge in [-0.3, -0.25) is 19.3 Å². The van der Waals surface area contributed by atoms with E-state index in [1.807, 2.05) is 60.7 Å². The highest BCUT2D eigenvalue weighted by Gasteiger charge is 2.35. The van der Waals surface area contributed by atoms with E-state index in [1.165, 1.54) is 23.1 Å². The SMILES string of the molecule is C=C/C=C\C(=C/C)N1C(=O)/C(=C/c2cc(Cl)c(O)c(Cl)c2)C(=O)N=C1SCC(=O)NC(c1ccccc1)c1ccccc1. The molecule has 1 aliphatic heterocycles. The highest BCUT2D eigenvalue weighted by Crippen LogP contribution is 2.34. The number of aromatic hydroxyl groups is 1. The molecule has 4 rings (SSSR count). The zero-order chi connectivity index (χ0) is 30.9. The molecule has 1 aliphatic rings. The number of amidine groups is 1. The van der Waals surface area contributed by atoms with E-state index < -0.39 is 17.9 Å². The molecule has 3 aromatic rings. The van der Waals surface area contributed by atoms with Gasteiger partial charge in [0.15, 0.2) is 10.9 Å². The molecule has 0 aliphatic carbocycles. The van der Waals surface area contributed by atoms with Gasteiger partial charge in [-0.1, -0.05) is 120 Å². The van der Waals surface area contributed by atoms with Gasteiger partial charge < -0.3 is 10.4 Å². The Labute approximate surface area is 263 Å². The van der Waals surface area contributed by atoms with Crippen LogP contribution >= 0.6 is 35.0 Å². The van der Waals surface area contributed by atoms with E-state index in [0.717, 1.165) is 22.9 Å². The number of hydrogen-bond donors (Lipinski definition) is 2. The topological polar surface area (TPSA) is 99.1 Å². The Kier molecular flexibility index (Phi) is 10.8. The lowest BCUT2D eigenvalue weighted by molar-refractivity contribution is -0.126. The summed E-state index contributed by atoms with van der Waals surface area (Å²) in [4.78, 5) is 45.6. The average Bonchev–Trinajstić information content (AvgIpc) is 3.01. The van der Waals surface area contributed by atoms with Gasteiger partial charge in [-0.2, -0.15) is 4.99 Å². The molecular weight excluding hydrogens is 605 g/mol. The van der Waals surface area contributed by atoms with Gasteiger partial charge in [0.1, 0.15) is 5.57 Å². The number of rotatable bonds is 9. The molecule has 7 nitrogen and oxygen atoms in total. The van der Waals surface area contributed by atoms with Crippen molar-refractivity contribution < 1.29 is 19.5 Å². The number of phenols is 1. The first-order valence-electron chi connectivity index (χ1n) is 13.1. The number of amides is 3. The summed E-state index contributed by atoms with van der Waals surface area (Å²) in [5.74, 6) is -2.19. The number of nitrogens with one attached hydrogen (secondary N) is 1. The maximum absolute atomic E-state index is 13.8. The van der Waals surface area contributed by atoms with Crippen LogP contribution in [0.25, 0.3) is 6.08 Å². The first-order valence-corrected chi connectivity index (χ1v) is 14.8. The third-order valence-electron chi connectivity index (χ3n) is 6.26. The minimum atomic E-state index is -0.793. The van der Waals surface area contributed by atoms with E-state index in [2.05, 4.69) is 16.9 Å². The molecule has 0 spiro atoms. The Bertz CT molecular complexity index is 1610. The average molecular weight is 633 g/mol. The number of phenolic OH excluding ortho intramolecular Hbond substituents is 1. The molecule has 0 aromatic heterocycles. The lowest BCUT2D eigenvalue weighted by atomic mass is 9.99. The Morgan fingerprint density at radius 1 is 1.05 bits per heavy atom. The number of benzene rings is 3. The first kappa shape index (κ1) is 31.6. The zero-order valence-electron chi connectivity index (χ0n) is 23.0. The van der Waals surface area contributed by atoms with Crippen LogP contribution in [0.1, 0.15) is 29.7 Å². The summed E-state index contributed by atoms with van der Waals surface area (Å²) in [7, 11) is 0. The van der Waals surface area contributed by atoms with Crippen molar-refractivity contribution in [1.29, 1.82) is 0 Å². The summed E-state index contributed by atoms with van der Waals surface area (Å²) in [6.45, 7) is 5.41. The predicted octanol–water partition coefficient (Wildman–Crippen LogP) is 7.09. The van der Waals surface area contributed by atoms with Crippen molar-refractivity contribution in [2.75, 3.05) is 5.75 Å². The van der Waals surface area contributed by atoms with Gasteiger partial charge in [0.2, 0.25) is 5.91 Å². The molecule has 0 atom stereocenters. The molecule has 10 heteroatoms. The summed E-state index contributed by atoms with van der Waals surface area (Å²) in [6.07, 6.45) is 7.81. The molecule has 3 amide bonds. The van der Waals surface area contributed by atoms with E-state index in [4.69, 9.17) is 23.2 Å². The standard InChI is InChI=1S/C33H27Cl2N3O4S/c1-3-5-16-24(4-2)38-32(42)25(17-21-18-26(34)30(40)27(35)19-21)31(41)37-33(38)43-20-28(39)36-29(22-12-8-6-9-13-22)23-14-10-7-11-15-23/h3-19,29,40H,1,20H2,2H3,(H,36,39)/b16-5-,24-4+,25-17+. The summed E-state index contributed by atoms with van der Waals surface area (Å²) in [5, 5.41) is 12.9. The Balaban J connectivity index is 1.63. The van der Waals surface area contributed by atoms with E-state index in [0.29, 0.717) is 11.3 Å². The van der Waals surface area contributed by atoms with Crippen molar-refractivity contribution in [3.05, 3.63) is 142 Å². The second-order valence-corrected chi connectivity index (χ2v) is 10.9. The normalized spacial score (nSPS) is 14.9. The van der Waals surface area contributed by atoms with Gasteiger partial charge in [-0.25, -0.2) is 0 Å². The van der Waals surface area contributed by atoms with Crippen LogP contribution in [-0.2, 0) is 14.4 Å². The molecule has 0 fully saturated rings. The maximum Gasteiger partial charge on any atom is 0.285 e. The number of nitrogens with zero attached hydrogens (tertiary/aromatic N) is 2. The molecule has 0 radical (unpaired) electrons. The van der Waals surface area contributed by atoms with Crippen LogP contribution in [0, 0.1) is 0 Å². The van der Waals surface area contributed by atoms with Gasteiger partial charge in [0.25, 0.3) is 11.8 Å². The fourth-order valence-electron chi connectivity index (χ4n) is 4.23. The van der Waals surface area contributed by atoms with Gasteiger partial charge >= 0.3 is 0 Å². The summed E-state index contributed by atoms with van der Waals surface area (Å²) in [5.41, 5.74) is 2.31. The van der Waals surface area contributed by atoms with Crippen LogP contribution in [0.4, 0.5) is 0 Å². The van der Waals surface area contributed by atoms with Crippen molar-refractivity contribution in [3.63, 3.8) is 0 Å². The van der Waals surface area contributed by atoms with Crippen LogP contribution in [0.2, 0.25) is 10.0 Å². The van der Waals surface area contributed by atoms with Gasteiger partial charge in [0, 0.05) is 5.70 Å². The van der Waals surface area contributed by atoms with Crippen LogP contribution in [0.15, 0.2) is 120 Å². The fraction of sp³-hybridized carbons (Fsp3) is 0.0909. The largest absolute Gasteiger partial charge is 0.505 e. The summed E-state index contributed by atoms with van der Waals surface area (Å²) >= 11 is 13.0. The lowest BCUT2D eigenvalue weighted by Crippen LogP contribution is -2.42. The van der Waals surface area contributed by atoms with Crippen LogP contribution in [0.5, 0.6) is 5.75 Å². The third kappa shape index (κ3) is 7.73. The maximum atomic E-state index is 13.8. The Morgan fingerprint density at radius 3 is 2.16 bits per heavy atom. The quantitative estimate of drug-likeness (QED) is 0.149. The van der Waals surface area contributed by atoms with E-state index in [9.17, 15) is 19.5 Å². The molecule has 0 bridgehead atoms. The van der Waals surface area contributed by atoms with Crippen molar-refractivity contribution >= 4 is 63.9 Å². The number of hydrogen-bond acceptors (Lipinski definition) is 5. The van der Waals surface area contributed by atoms with Crippen molar-refractivity contribution in [3.8, 4) is 5.75 Å².